The van der Waals surface area contributed by atoms with Gasteiger partial charge in [-0.1, -0.05) is 78.3 Å². The standard InChI is InChI=1S/C41H37ClN4O5S2/c1-26(37(47)45-40-36(41(50)51-2)33-20-21-46(25-35(33)53-40)24-28-10-5-3-6-11-28)52-32-15-9-14-31(23-32)43-39(49)34(22-27-16-18-30(42)19-17-27)44-38(48)29-12-7-4-8-13-29/h3-19,22-23,26H,20-21,24-25H2,1-2H3,(H,43,49)(H,44,48)(H,45,47)/b34-22+. The Bertz CT molecular complexity index is 2140. The lowest BCUT2D eigenvalue weighted by Crippen LogP contribution is -2.30. The summed E-state index contributed by atoms with van der Waals surface area (Å²) in [6.45, 7) is 4.03. The Labute approximate surface area is 321 Å². The molecular formula is C41H37ClN4O5S2. The smallest absolute Gasteiger partial charge is 0.341 e. The molecule has 1 aliphatic rings. The quantitative estimate of drug-likeness (QED) is 0.0666. The monoisotopic (exact) mass is 764 g/mol. The van der Waals surface area contributed by atoms with Crippen molar-refractivity contribution in [2.24, 2.45) is 0 Å². The Kier molecular flexibility index (Phi) is 12.4. The van der Waals surface area contributed by atoms with E-state index in [0.29, 0.717) is 45.4 Å². The fourth-order valence-electron chi connectivity index (χ4n) is 5.82. The predicted molar refractivity (Wildman–Crippen MR) is 212 cm³/mol. The zero-order chi connectivity index (χ0) is 37.3. The topological polar surface area (TPSA) is 117 Å². The van der Waals surface area contributed by atoms with Gasteiger partial charge in [-0.25, -0.2) is 4.79 Å². The van der Waals surface area contributed by atoms with Crippen LogP contribution in [0.5, 0.6) is 0 Å². The second-order valence-corrected chi connectivity index (χ2v) is 15.3. The summed E-state index contributed by atoms with van der Waals surface area (Å²) < 4.78 is 5.14. The maximum atomic E-state index is 13.6. The summed E-state index contributed by atoms with van der Waals surface area (Å²) in [4.78, 5) is 57.2. The van der Waals surface area contributed by atoms with E-state index in [-0.39, 0.29) is 11.6 Å². The van der Waals surface area contributed by atoms with Gasteiger partial charge in [0.2, 0.25) is 5.91 Å². The minimum Gasteiger partial charge on any atom is -0.465 e. The fraction of sp³-hybridized carbons (Fsp3) is 0.171. The maximum Gasteiger partial charge on any atom is 0.341 e. The van der Waals surface area contributed by atoms with Gasteiger partial charge in [0.05, 0.1) is 17.9 Å². The molecule has 0 spiro atoms. The van der Waals surface area contributed by atoms with E-state index in [1.54, 1.807) is 85.8 Å². The second-order valence-electron chi connectivity index (χ2n) is 12.3. The maximum absolute atomic E-state index is 13.6. The molecule has 9 nitrogen and oxygen atoms in total. The van der Waals surface area contributed by atoms with Crippen molar-refractivity contribution in [2.75, 3.05) is 24.3 Å². The van der Waals surface area contributed by atoms with E-state index in [9.17, 15) is 19.2 Å². The molecule has 2 heterocycles. The first kappa shape index (κ1) is 37.6. The number of nitrogens with one attached hydrogen (secondary N) is 3. The fourth-order valence-corrected chi connectivity index (χ4v) is 8.16. The number of amides is 3. The van der Waals surface area contributed by atoms with Crippen LogP contribution >= 0.6 is 34.7 Å². The molecule has 3 amide bonds. The Morgan fingerprint density at radius 2 is 1.64 bits per heavy atom. The molecule has 1 aromatic heterocycles. The van der Waals surface area contributed by atoms with Gasteiger partial charge in [-0.15, -0.1) is 23.1 Å². The zero-order valence-electron chi connectivity index (χ0n) is 29.1. The number of thioether (sulfide) groups is 1. The summed E-state index contributed by atoms with van der Waals surface area (Å²) in [6.07, 6.45) is 2.25. The normalized spacial score (nSPS) is 13.4. The van der Waals surface area contributed by atoms with Crippen molar-refractivity contribution in [2.45, 2.75) is 36.6 Å². The SMILES string of the molecule is COC(=O)c1c(NC(=O)C(C)Sc2cccc(NC(=O)/C(=C\c3ccc(Cl)cc3)NC(=O)c3ccccc3)c2)sc2c1CCN(Cc1ccccc1)C2. The van der Waals surface area contributed by atoms with Gasteiger partial charge >= 0.3 is 5.97 Å². The molecule has 12 heteroatoms. The van der Waals surface area contributed by atoms with Crippen LogP contribution < -0.4 is 16.0 Å². The van der Waals surface area contributed by atoms with Crippen LogP contribution in [0.1, 0.15) is 49.2 Å². The molecule has 5 aromatic rings. The van der Waals surface area contributed by atoms with Crippen molar-refractivity contribution in [3.8, 4) is 0 Å². The van der Waals surface area contributed by atoms with Gasteiger partial charge < -0.3 is 20.7 Å². The van der Waals surface area contributed by atoms with E-state index in [4.69, 9.17) is 16.3 Å². The lowest BCUT2D eigenvalue weighted by atomic mass is 10.0. The molecule has 4 aromatic carbocycles. The van der Waals surface area contributed by atoms with Crippen LogP contribution in [0, 0.1) is 0 Å². The van der Waals surface area contributed by atoms with E-state index in [2.05, 4.69) is 33.0 Å². The number of fused-ring (bicyclic) bond motifs is 1. The van der Waals surface area contributed by atoms with Crippen LogP contribution in [0.25, 0.3) is 6.08 Å². The summed E-state index contributed by atoms with van der Waals surface area (Å²) in [5.41, 5.74) is 4.15. The van der Waals surface area contributed by atoms with E-state index in [1.165, 1.54) is 35.8 Å². The highest BCUT2D eigenvalue weighted by Gasteiger charge is 2.30. The van der Waals surface area contributed by atoms with E-state index < -0.39 is 23.0 Å². The molecule has 0 saturated carbocycles. The van der Waals surface area contributed by atoms with Crippen molar-refractivity contribution in [1.29, 1.82) is 0 Å². The highest BCUT2D eigenvalue weighted by Crippen LogP contribution is 2.38. The van der Waals surface area contributed by atoms with Gasteiger partial charge in [0, 0.05) is 45.7 Å². The van der Waals surface area contributed by atoms with Gasteiger partial charge in [-0.2, -0.15) is 0 Å². The summed E-state index contributed by atoms with van der Waals surface area (Å²) in [5.74, 6) is -1.71. The molecule has 1 aliphatic heterocycles. The zero-order valence-corrected chi connectivity index (χ0v) is 31.4. The number of carbonyl (C=O) groups is 4. The van der Waals surface area contributed by atoms with E-state index in [0.717, 1.165) is 28.4 Å². The van der Waals surface area contributed by atoms with Crippen molar-refractivity contribution < 1.29 is 23.9 Å². The van der Waals surface area contributed by atoms with Crippen molar-refractivity contribution in [1.82, 2.24) is 10.2 Å². The van der Waals surface area contributed by atoms with Crippen LogP contribution in [0.3, 0.4) is 0 Å². The molecule has 0 fully saturated rings. The minimum atomic E-state index is -0.550. The minimum absolute atomic E-state index is 0.0372. The lowest BCUT2D eigenvalue weighted by molar-refractivity contribution is -0.115. The first-order valence-electron chi connectivity index (χ1n) is 16.9. The van der Waals surface area contributed by atoms with Crippen LogP contribution in [0.15, 0.2) is 120 Å². The number of hydrogen-bond donors (Lipinski definition) is 3. The molecule has 0 bridgehead atoms. The summed E-state index contributed by atoms with van der Waals surface area (Å²) >= 11 is 8.78. The van der Waals surface area contributed by atoms with Crippen molar-refractivity contribution >= 4 is 75.2 Å². The number of ether oxygens (including phenoxy) is 1. The van der Waals surface area contributed by atoms with Crippen LogP contribution in [0.4, 0.5) is 10.7 Å². The van der Waals surface area contributed by atoms with Gasteiger partial charge in [0.25, 0.3) is 11.8 Å². The van der Waals surface area contributed by atoms with Gasteiger partial charge in [0.1, 0.15) is 10.7 Å². The number of rotatable bonds is 12. The Morgan fingerprint density at radius 3 is 2.36 bits per heavy atom. The lowest BCUT2D eigenvalue weighted by Gasteiger charge is -2.27. The molecule has 6 rings (SSSR count). The number of hydrogen-bond acceptors (Lipinski definition) is 8. The Balaban J connectivity index is 1.13. The van der Waals surface area contributed by atoms with Gasteiger partial charge in [0.15, 0.2) is 0 Å². The van der Waals surface area contributed by atoms with Crippen LogP contribution in [0.2, 0.25) is 5.02 Å². The number of halogens is 1. The third-order valence-electron chi connectivity index (χ3n) is 8.49. The number of carbonyl (C=O) groups excluding carboxylic acids is 4. The first-order chi connectivity index (χ1) is 25.7. The second kappa shape index (κ2) is 17.5. The van der Waals surface area contributed by atoms with Gasteiger partial charge in [-0.3, -0.25) is 19.3 Å². The molecule has 0 saturated heterocycles. The van der Waals surface area contributed by atoms with Crippen molar-refractivity contribution in [3.63, 3.8) is 0 Å². The Hall–Kier alpha value is -5.20. The van der Waals surface area contributed by atoms with E-state index in [1.807, 2.05) is 24.3 Å². The molecule has 1 atom stereocenters. The molecule has 53 heavy (non-hydrogen) atoms. The average molecular weight is 765 g/mol. The highest BCUT2D eigenvalue weighted by molar-refractivity contribution is 8.00. The van der Waals surface area contributed by atoms with Crippen molar-refractivity contribution in [3.05, 3.63) is 153 Å². The number of nitrogens with zero attached hydrogens (tertiary/aromatic N) is 1. The average Bonchev–Trinajstić information content (AvgIpc) is 3.52. The molecule has 0 radical (unpaired) electrons. The highest BCUT2D eigenvalue weighted by atomic mass is 35.5. The number of benzene rings is 4. The number of methoxy groups -OCH3 is 1. The van der Waals surface area contributed by atoms with Crippen LogP contribution in [-0.4, -0.2) is 47.5 Å². The molecule has 0 aliphatic carbocycles. The summed E-state index contributed by atoms with van der Waals surface area (Å²) in [5, 5.41) is 9.08. The Morgan fingerprint density at radius 1 is 0.925 bits per heavy atom. The molecular weight excluding hydrogens is 728 g/mol. The number of thiophene rings is 1. The number of anilines is 2. The summed E-state index contributed by atoms with van der Waals surface area (Å²) in [6, 6.07) is 32.9. The molecule has 3 N–H and O–H groups in total. The summed E-state index contributed by atoms with van der Waals surface area (Å²) in [7, 11) is 1.35. The van der Waals surface area contributed by atoms with Gasteiger partial charge in [-0.05, 0) is 78.6 Å². The third kappa shape index (κ3) is 9.82. The van der Waals surface area contributed by atoms with Crippen LogP contribution in [-0.2, 0) is 33.8 Å². The van der Waals surface area contributed by atoms with E-state index >= 15 is 0 Å². The molecule has 270 valence electrons. The molecule has 1 unspecified atom stereocenters. The first-order valence-corrected chi connectivity index (χ1v) is 19.0. The predicted octanol–water partition coefficient (Wildman–Crippen LogP) is 8.28. The third-order valence-corrected chi connectivity index (χ3v) is 11.0. The number of esters is 1. The largest absolute Gasteiger partial charge is 0.465 e.